The number of thiazole rings is 1. The average molecular weight is 241 g/mol. The van der Waals surface area contributed by atoms with Gasteiger partial charge >= 0.3 is 0 Å². The lowest BCUT2D eigenvalue weighted by atomic mass is 10.3. The fraction of sp³-hybridized carbons (Fsp3) is 0. The molecule has 2 rings (SSSR count). The molecule has 0 amide bonds. The molecular weight excluding hydrogens is 236 g/mol. The second-order valence-electron chi connectivity index (χ2n) is 2.21. The van der Waals surface area contributed by atoms with Gasteiger partial charge in [0, 0.05) is 18.0 Å². The third kappa shape index (κ3) is 1.54. The van der Waals surface area contributed by atoms with Crippen molar-refractivity contribution in [1.29, 1.82) is 0 Å². The molecule has 12 heavy (non-hydrogen) atoms. The number of hydrogen-bond acceptors (Lipinski definition) is 3. The van der Waals surface area contributed by atoms with E-state index in [-0.39, 0.29) is 0 Å². The van der Waals surface area contributed by atoms with Crippen LogP contribution in [0.15, 0.2) is 34.5 Å². The summed E-state index contributed by atoms with van der Waals surface area (Å²) < 4.78 is 1.05. The molecule has 0 unspecified atom stereocenters. The summed E-state index contributed by atoms with van der Waals surface area (Å²) in [5.41, 5.74) is 1.11. The second-order valence-corrected chi connectivity index (χ2v) is 4.62. The van der Waals surface area contributed by atoms with Crippen molar-refractivity contribution in [1.82, 2.24) is 9.97 Å². The molecule has 4 heteroatoms. The van der Waals surface area contributed by atoms with Gasteiger partial charge in [-0.3, -0.25) is 4.98 Å². The Morgan fingerprint density at radius 1 is 1.25 bits per heavy atom. The van der Waals surface area contributed by atoms with Crippen molar-refractivity contribution in [2.45, 2.75) is 0 Å². The Kier molecular flexibility index (Phi) is 2.19. The van der Waals surface area contributed by atoms with Crippen molar-refractivity contribution in [2.75, 3.05) is 0 Å². The average Bonchev–Trinajstić information content (AvgIpc) is 2.54. The molecule has 60 valence electrons. The SMILES string of the molecule is Brc1cnc(-c2ccncc2)s1. The molecule has 0 bridgehead atoms. The van der Waals surface area contributed by atoms with E-state index in [4.69, 9.17) is 0 Å². The highest BCUT2D eigenvalue weighted by atomic mass is 79.9. The number of hydrogen-bond donors (Lipinski definition) is 0. The molecule has 0 spiro atoms. The normalized spacial score (nSPS) is 10.1. The van der Waals surface area contributed by atoms with E-state index in [2.05, 4.69) is 25.9 Å². The Hall–Kier alpha value is -0.740. The maximum Gasteiger partial charge on any atom is 0.124 e. The van der Waals surface area contributed by atoms with Crippen LogP contribution in [0, 0.1) is 0 Å². The highest BCUT2D eigenvalue weighted by Crippen LogP contribution is 2.27. The minimum absolute atomic E-state index is 1.02. The zero-order valence-corrected chi connectivity index (χ0v) is 8.47. The van der Waals surface area contributed by atoms with Crippen molar-refractivity contribution >= 4 is 27.3 Å². The predicted octanol–water partition coefficient (Wildman–Crippen LogP) is 2.97. The van der Waals surface area contributed by atoms with Crippen LogP contribution in [0.25, 0.3) is 10.6 Å². The van der Waals surface area contributed by atoms with Gasteiger partial charge in [0.15, 0.2) is 0 Å². The van der Waals surface area contributed by atoms with Crippen LogP contribution in [0.5, 0.6) is 0 Å². The van der Waals surface area contributed by atoms with Crippen LogP contribution < -0.4 is 0 Å². The van der Waals surface area contributed by atoms with Crippen molar-refractivity contribution in [3.05, 3.63) is 34.5 Å². The summed E-state index contributed by atoms with van der Waals surface area (Å²) in [7, 11) is 0. The van der Waals surface area contributed by atoms with E-state index in [1.165, 1.54) is 0 Å². The van der Waals surface area contributed by atoms with Gasteiger partial charge in [0.25, 0.3) is 0 Å². The molecule has 2 aromatic rings. The van der Waals surface area contributed by atoms with Gasteiger partial charge in [-0.15, -0.1) is 11.3 Å². The lowest BCUT2D eigenvalue weighted by molar-refractivity contribution is 1.32. The lowest BCUT2D eigenvalue weighted by Gasteiger charge is -1.91. The first-order valence-corrected chi connectivity index (χ1v) is 4.99. The van der Waals surface area contributed by atoms with E-state index in [0.717, 1.165) is 14.4 Å². The largest absolute Gasteiger partial charge is 0.265 e. The molecule has 0 aliphatic carbocycles. The summed E-state index contributed by atoms with van der Waals surface area (Å²) in [4.78, 5) is 8.17. The van der Waals surface area contributed by atoms with Gasteiger partial charge in [0.1, 0.15) is 5.01 Å². The second kappa shape index (κ2) is 3.33. The third-order valence-corrected chi connectivity index (χ3v) is 2.93. The van der Waals surface area contributed by atoms with Crippen LogP contribution in [0.3, 0.4) is 0 Å². The topological polar surface area (TPSA) is 25.8 Å². The maximum atomic E-state index is 4.23. The highest BCUT2D eigenvalue weighted by molar-refractivity contribution is 9.11. The van der Waals surface area contributed by atoms with Gasteiger partial charge in [-0.1, -0.05) is 0 Å². The number of nitrogens with zero attached hydrogens (tertiary/aromatic N) is 2. The van der Waals surface area contributed by atoms with Crippen LogP contribution in [0.4, 0.5) is 0 Å². The first-order chi connectivity index (χ1) is 5.86. The minimum atomic E-state index is 1.02. The molecule has 2 heterocycles. The van der Waals surface area contributed by atoms with Crippen LogP contribution in [-0.4, -0.2) is 9.97 Å². The summed E-state index contributed by atoms with van der Waals surface area (Å²) in [6.45, 7) is 0. The van der Waals surface area contributed by atoms with Crippen LogP contribution in [-0.2, 0) is 0 Å². The summed E-state index contributed by atoms with van der Waals surface area (Å²) in [6.07, 6.45) is 5.34. The van der Waals surface area contributed by atoms with E-state index < -0.39 is 0 Å². The van der Waals surface area contributed by atoms with Gasteiger partial charge in [-0.25, -0.2) is 4.98 Å². The standard InChI is InChI=1S/C8H5BrN2S/c9-7-5-11-8(12-7)6-1-3-10-4-2-6/h1-5H. The van der Waals surface area contributed by atoms with E-state index >= 15 is 0 Å². The molecule has 0 saturated carbocycles. The van der Waals surface area contributed by atoms with E-state index in [1.807, 2.05) is 12.1 Å². The fourth-order valence-electron chi connectivity index (χ4n) is 0.882. The van der Waals surface area contributed by atoms with Crippen LogP contribution in [0.2, 0.25) is 0 Å². The first-order valence-electron chi connectivity index (χ1n) is 3.38. The molecule has 0 fully saturated rings. The predicted molar refractivity (Wildman–Crippen MR) is 53.0 cm³/mol. The molecule has 0 aliphatic heterocycles. The molecular formula is C8H5BrN2S. The van der Waals surface area contributed by atoms with Crippen molar-refractivity contribution in [3.63, 3.8) is 0 Å². The number of pyridine rings is 1. The molecule has 0 N–H and O–H groups in total. The van der Waals surface area contributed by atoms with Crippen molar-refractivity contribution in [2.24, 2.45) is 0 Å². The van der Waals surface area contributed by atoms with E-state index in [1.54, 1.807) is 29.9 Å². The Balaban J connectivity index is 2.45. The summed E-state index contributed by atoms with van der Waals surface area (Å²) in [5.74, 6) is 0. The summed E-state index contributed by atoms with van der Waals surface area (Å²) >= 11 is 4.99. The Bertz CT molecular complexity index is 372. The van der Waals surface area contributed by atoms with E-state index in [9.17, 15) is 0 Å². The van der Waals surface area contributed by atoms with Crippen LogP contribution >= 0.6 is 27.3 Å². The smallest absolute Gasteiger partial charge is 0.124 e. The maximum absolute atomic E-state index is 4.23. The first kappa shape index (κ1) is 7.89. The van der Waals surface area contributed by atoms with Gasteiger partial charge in [0.2, 0.25) is 0 Å². The van der Waals surface area contributed by atoms with Gasteiger partial charge in [-0.2, -0.15) is 0 Å². The van der Waals surface area contributed by atoms with Crippen molar-refractivity contribution in [3.8, 4) is 10.6 Å². The summed E-state index contributed by atoms with van der Waals surface area (Å²) in [6, 6.07) is 3.90. The fourth-order valence-corrected chi connectivity index (χ4v) is 2.09. The quantitative estimate of drug-likeness (QED) is 0.767. The van der Waals surface area contributed by atoms with Gasteiger partial charge < -0.3 is 0 Å². The zero-order valence-electron chi connectivity index (χ0n) is 6.07. The van der Waals surface area contributed by atoms with E-state index in [0.29, 0.717) is 0 Å². The molecule has 2 aromatic heterocycles. The third-order valence-electron chi connectivity index (χ3n) is 1.40. The minimum Gasteiger partial charge on any atom is -0.265 e. The molecule has 0 saturated heterocycles. The highest BCUT2D eigenvalue weighted by Gasteiger charge is 2.00. The molecule has 0 aliphatic rings. The van der Waals surface area contributed by atoms with Gasteiger partial charge in [0.05, 0.1) is 9.98 Å². The van der Waals surface area contributed by atoms with Crippen molar-refractivity contribution < 1.29 is 0 Å². The van der Waals surface area contributed by atoms with Gasteiger partial charge in [-0.05, 0) is 28.1 Å². The Labute approximate surface area is 82.4 Å². The zero-order chi connectivity index (χ0) is 8.39. The number of halogens is 1. The Morgan fingerprint density at radius 3 is 2.58 bits per heavy atom. The molecule has 0 radical (unpaired) electrons. The monoisotopic (exact) mass is 240 g/mol. The molecule has 0 atom stereocenters. The molecule has 2 nitrogen and oxygen atoms in total. The lowest BCUT2D eigenvalue weighted by Crippen LogP contribution is -1.74. The van der Waals surface area contributed by atoms with Crippen LogP contribution in [0.1, 0.15) is 0 Å². The number of rotatable bonds is 1. The summed E-state index contributed by atoms with van der Waals surface area (Å²) in [5, 5.41) is 1.02. The molecule has 0 aromatic carbocycles. The number of aromatic nitrogens is 2. The Morgan fingerprint density at radius 2 is 2.00 bits per heavy atom.